The normalized spacial score (nSPS) is 10.8. The van der Waals surface area contributed by atoms with Crippen LogP contribution in [0, 0.1) is 5.41 Å². The first-order valence-corrected chi connectivity index (χ1v) is 6.91. The van der Waals surface area contributed by atoms with E-state index in [0.29, 0.717) is 22.3 Å². The zero-order chi connectivity index (χ0) is 14.6. The summed E-state index contributed by atoms with van der Waals surface area (Å²) < 4.78 is 0. The van der Waals surface area contributed by atoms with Gasteiger partial charge in [-0.15, -0.1) is 0 Å². The Labute approximate surface area is 129 Å². The van der Waals surface area contributed by atoms with Gasteiger partial charge in [0.05, 0.1) is 15.2 Å². The molecule has 19 heavy (non-hydrogen) atoms. The van der Waals surface area contributed by atoms with Gasteiger partial charge in [-0.1, -0.05) is 56.6 Å². The number of hydrogen-bond acceptors (Lipinski definition) is 3. The second kappa shape index (κ2) is 6.53. The van der Waals surface area contributed by atoms with Crippen LogP contribution in [-0.2, 0) is 6.54 Å². The highest BCUT2D eigenvalue weighted by Gasteiger charge is 2.15. The van der Waals surface area contributed by atoms with Gasteiger partial charge in [-0.05, 0) is 23.8 Å². The molecule has 0 saturated heterocycles. The van der Waals surface area contributed by atoms with E-state index in [0.717, 1.165) is 11.3 Å². The van der Waals surface area contributed by atoms with Crippen LogP contribution in [0.5, 0.6) is 0 Å². The highest BCUT2D eigenvalue weighted by molar-refractivity contribution is 7.78. The predicted octanol–water partition coefficient (Wildman–Crippen LogP) is 5.38. The molecule has 102 valence electrons. The maximum Gasteiger partial charge on any atom is 0.111 e. The van der Waals surface area contributed by atoms with Crippen LogP contribution >= 0.6 is 35.4 Å². The number of benzene rings is 1. The summed E-state index contributed by atoms with van der Waals surface area (Å²) in [6, 6.07) is 3.60. The van der Waals surface area contributed by atoms with Crippen molar-refractivity contribution in [3.8, 4) is 0 Å². The van der Waals surface area contributed by atoms with Gasteiger partial charge < -0.3 is 5.32 Å². The lowest BCUT2D eigenvalue weighted by atomic mass is 9.93. The third-order valence-corrected chi connectivity index (χ3v) is 3.52. The maximum absolute atomic E-state index is 6.26. The summed E-state index contributed by atoms with van der Waals surface area (Å²) in [7, 11) is 0. The lowest BCUT2D eigenvalue weighted by Crippen LogP contribution is -2.23. The molecule has 0 spiro atoms. The molecule has 0 aliphatic heterocycles. The van der Waals surface area contributed by atoms with Crippen molar-refractivity contribution in [1.82, 2.24) is 5.32 Å². The lowest BCUT2D eigenvalue weighted by molar-refractivity contribution is 0.461. The van der Waals surface area contributed by atoms with Gasteiger partial charge in [-0.3, -0.25) is 0 Å². The van der Waals surface area contributed by atoms with Crippen molar-refractivity contribution in [3.05, 3.63) is 40.0 Å². The first kappa shape index (κ1) is 16.2. The van der Waals surface area contributed by atoms with Crippen LogP contribution < -0.4 is 5.32 Å². The summed E-state index contributed by atoms with van der Waals surface area (Å²) in [4.78, 5) is 3.89. The van der Waals surface area contributed by atoms with E-state index < -0.39 is 0 Å². The molecule has 0 unspecified atom stereocenters. The Kier molecular flexibility index (Phi) is 5.57. The van der Waals surface area contributed by atoms with E-state index in [4.69, 9.17) is 23.2 Å². The van der Waals surface area contributed by atoms with E-state index in [9.17, 15) is 0 Å². The van der Waals surface area contributed by atoms with E-state index >= 15 is 0 Å². The molecule has 1 aromatic carbocycles. The Bertz CT molecular complexity index is 541. The number of nitrogens with one attached hydrogen (secondary N) is 1. The van der Waals surface area contributed by atoms with Gasteiger partial charge in [0.1, 0.15) is 5.69 Å². The van der Waals surface area contributed by atoms with Crippen LogP contribution in [0.3, 0.4) is 0 Å². The number of isothiocyanates is 1. The standard InChI is InChI=1S/C14H16Cl2N2S/c1-9(14(2,3)4)17-7-10-5-6-11(15)13(12(10)16)18-8-19/h5-6,17H,1,7H2,2-4H3. The third kappa shape index (κ3) is 4.32. The summed E-state index contributed by atoms with van der Waals surface area (Å²) in [6.07, 6.45) is 0. The predicted molar refractivity (Wildman–Crippen MR) is 86.6 cm³/mol. The fourth-order valence-corrected chi connectivity index (χ4v) is 1.95. The molecule has 0 fully saturated rings. The van der Waals surface area contributed by atoms with Crippen LogP contribution in [0.2, 0.25) is 10.0 Å². The van der Waals surface area contributed by atoms with Crippen LogP contribution in [0.15, 0.2) is 29.4 Å². The van der Waals surface area contributed by atoms with Gasteiger partial charge in [0.15, 0.2) is 0 Å². The van der Waals surface area contributed by atoms with Crippen molar-refractivity contribution < 1.29 is 0 Å². The summed E-state index contributed by atoms with van der Waals surface area (Å²) in [6.45, 7) is 10.8. The maximum atomic E-state index is 6.26. The molecule has 1 aromatic rings. The zero-order valence-electron chi connectivity index (χ0n) is 11.2. The minimum Gasteiger partial charge on any atom is -0.384 e. The highest BCUT2D eigenvalue weighted by atomic mass is 35.5. The Morgan fingerprint density at radius 1 is 1.42 bits per heavy atom. The molecular weight excluding hydrogens is 299 g/mol. The monoisotopic (exact) mass is 314 g/mol. The van der Waals surface area contributed by atoms with Gasteiger partial charge in [0.2, 0.25) is 0 Å². The van der Waals surface area contributed by atoms with Crippen LogP contribution in [0.4, 0.5) is 5.69 Å². The third-order valence-electron chi connectivity index (χ3n) is 2.70. The summed E-state index contributed by atoms with van der Waals surface area (Å²) in [5.74, 6) is 0. The average Bonchev–Trinajstić information content (AvgIpc) is 2.32. The minimum atomic E-state index is -0.00567. The second-order valence-corrected chi connectivity index (χ2v) is 6.12. The van der Waals surface area contributed by atoms with Gasteiger partial charge in [0.25, 0.3) is 0 Å². The number of thiocarbonyl (C=S) groups is 1. The molecule has 0 saturated carbocycles. The van der Waals surface area contributed by atoms with Gasteiger partial charge in [0, 0.05) is 17.7 Å². The molecule has 0 aliphatic rings. The fourth-order valence-electron chi connectivity index (χ4n) is 1.33. The first-order chi connectivity index (χ1) is 8.77. The van der Waals surface area contributed by atoms with Gasteiger partial charge in [-0.2, -0.15) is 4.99 Å². The molecule has 0 atom stereocenters. The Hall–Kier alpha value is -0.860. The van der Waals surface area contributed by atoms with E-state index in [1.54, 1.807) is 6.07 Å². The molecule has 0 aromatic heterocycles. The summed E-state index contributed by atoms with van der Waals surface area (Å²) >= 11 is 16.9. The molecule has 2 nitrogen and oxygen atoms in total. The van der Waals surface area contributed by atoms with Crippen molar-refractivity contribution in [2.24, 2.45) is 10.4 Å². The van der Waals surface area contributed by atoms with Crippen LogP contribution in [0.25, 0.3) is 0 Å². The molecule has 1 N–H and O–H groups in total. The first-order valence-electron chi connectivity index (χ1n) is 5.75. The molecule has 0 radical (unpaired) electrons. The average molecular weight is 315 g/mol. The van der Waals surface area contributed by atoms with Crippen molar-refractivity contribution in [2.75, 3.05) is 0 Å². The quantitative estimate of drug-likeness (QED) is 0.596. The highest BCUT2D eigenvalue weighted by Crippen LogP contribution is 2.35. The van der Waals surface area contributed by atoms with Crippen LogP contribution in [0.1, 0.15) is 26.3 Å². The minimum absolute atomic E-state index is 0.00567. The number of hydrogen-bond donors (Lipinski definition) is 1. The summed E-state index contributed by atoms with van der Waals surface area (Å²) in [5, 5.41) is 6.49. The number of halogens is 2. The Morgan fingerprint density at radius 3 is 2.58 bits per heavy atom. The zero-order valence-corrected chi connectivity index (χ0v) is 13.5. The van der Waals surface area contributed by atoms with Gasteiger partial charge >= 0.3 is 0 Å². The fraction of sp³-hybridized carbons (Fsp3) is 0.357. The SMILES string of the molecule is C=C(NCc1ccc(Cl)c(N=C=S)c1Cl)C(C)(C)C. The number of allylic oxidation sites excluding steroid dienone is 1. The molecular formula is C14H16Cl2N2S. The van der Waals surface area contributed by atoms with E-state index in [1.165, 1.54) is 0 Å². The van der Waals surface area contributed by atoms with Crippen molar-refractivity contribution in [2.45, 2.75) is 27.3 Å². The second-order valence-electron chi connectivity index (χ2n) is 5.15. The van der Waals surface area contributed by atoms with Crippen LogP contribution in [-0.4, -0.2) is 5.16 Å². The van der Waals surface area contributed by atoms with E-state index in [1.807, 2.05) is 6.07 Å². The number of rotatable bonds is 4. The van der Waals surface area contributed by atoms with E-state index in [2.05, 4.69) is 55.0 Å². The topological polar surface area (TPSA) is 24.4 Å². The van der Waals surface area contributed by atoms with E-state index in [-0.39, 0.29) is 5.41 Å². The molecule has 0 aliphatic carbocycles. The molecule has 1 rings (SSSR count). The summed E-state index contributed by atoms with van der Waals surface area (Å²) in [5.41, 5.74) is 2.28. The van der Waals surface area contributed by atoms with Crippen molar-refractivity contribution in [1.29, 1.82) is 0 Å². The molecule has 0 heterocycles. The van der Waals surface area contributed by atoms with Crippen molar-refractivity contribution in [3.63, 3.8) is 0 Å². The number of nitrogens with zero attached hydrogens (tertiary/aromatic N) is 1. The molecule has 0 amide bonds. The Morgan fingerprint density at radius 2 is 2.05 bits per heavy atom. The van der Waals surface area contributed by atoms with Crippen molar-refractivity contribution >= 4 is 46.3 Å². The smallest absolute Gasteiger partial charge is 0.111 e. The molecule has 5 heteroatoms. The lowest BCUT2D eigenvalue weighted by Gasteiger charge is -2.23. The largest absolute Gasteiger partial charge is 0.384 e. The molecule has 0 bridgehead atoms. The number of aliphatic imine (C=N–C) groups is 1. The Balaban J connectivity index is 2.95. The van der Waals surface area contributed by atoms with Gasteiger partial charge in [-0.25, -0.2) is 0 Å².